The summed E-state index contributed by atoms with van der Waals surface area (Å²) in [6.07, 6.45) is 0. The van der Waals surface area contributed by atoms with Crippen molar-refractivity contribution in [1.82, 2.24) is 5.32 Å². The van der Waals surface area contributed by atoms with E-state index in [0.29, 0.717) is 0 Å². The van der Waals surface area contributed by atoms with Crippen molar-refractivity contribution in [3.63, 3.8) is 0 Å². The molecule has 10 heavy (non-hydrogen) atoms. The van der Waals surface area contributed by atoms with Crippen LogP contribution in [0.15, 0.2) is 0 Å². The van der Waals surface area contributed by atoms with Crippen molar-refractivity contribution in [2.24, 2.45) is 5.73 Å². The molecule has 0 aromatic carbocycles. The molecular formula is C6H12N2OS. The van der Waals surface area contributed by atoms with Crippen LogP contribution < -0.4 is 11.1 Å². The minimum Gasteiger partial charge on any atom is -0.351 e. The maximum absolute atomic E-state index is 11.0. The van der Waals surface area contributed by atoms with Crippen LogP contribution in [0.3, 0.4) is 0 Å². The van der Waals surface area contributed by atoms with Crippen LogP contribution in [0.2, 0.25) is 0 Å². The summed E-state index contributed by atoms with van der Waals surface area (Å²) in [6.45, 7) is 1.99. The zero-order valence-electron chi connectivity index (χ0n) is 5.96. The summed E-state index contributed by atoms with van der Waals surface area (Å²) >= 11 is 1.73. The molecule has 0 saturated carbocycles. The van der Waals surface area contributed by atoms with E-state index < -0.39 is 0 Å². The molecule has 1 saturated heterocycles. The Bertz CT molecular complexity index is 140. The highest BCUT2D eigenvalue weighted by Crippen LogP contribution is 2.08. The molecule has 0 aromatic rings. The van der Waals surface area contributed by atoms with E-state index in [0.717, 1.165) is 11.5 Å². The summed E-state index contributed by atoms with van der Waals surface area (Å²) in [5, 5.41) is 2.81. The SMILES string of the molecule is C[C@@H]1CSC[C@H](N)C(=O)N1. The fourth-order valence-corrected chi connectivity index (χ4v) is 1.82. The van der Waals surface area contributed by atoms with Gasteiger partial charge in [0.15, 0.2) is 0 Å². The second kappa shape index (κ2) is 3.25. The smallest absolute Gasteiger partial charge is 0.238 e. The van der Waals surface area contributed by atoms with Gasteiger partial charge in [0.05, 0.1) is 6.04 Å². The molecule has 0 unspecified atom stereocenters. The number of amides is 1. The van der Waals surface area contributed by atoms with Crippen LogP contribution >= 0.6 is 11.8 Å². The van der Waals surface area contributed by atoms with Gasteiger partial charge in [0.1, 0.15) is 0 Å². The molecule has 0 radical (unpaired) electrons. The number of hydrogen-bond acceptors (Lipinski definition) is 3. The van der Waals surface area contributed by atoms with Gasteiger partial charge >= 0.3 is 0 Å². The highest BCUT2D eigenvalue weighted by atomic mass is 32.2. The molecule has 0 bridgehead atoms. The van der Waals surface area contributed by atoms with Crippen molar-refractivity contribution >= 4 is 17.7 Å². The van der Waals surface area contributed by atoms with Gasteiger partial charge in [-0.3, -0.25) is 4.79 Å². The van der Waals surface area contributed by atoms with E-state index in [1.54, 1.807) is 11.8 Å². The van der Waals surface area contributed by atoms with Gasteiger partial charge in [0.25, 0.3) is 0 Å². The van der Waals surface area contributed by atoms with E-state index in [2.05, 4.69) is 5.32 Å². The fourth-order valence-electron chi connectivity index (χ4n) is 0.839. The normalized spacial score (nSPS) is 34.8. The summed E-state index contributed by atoms with van der Waals surface area (Å²) in [7, 11) is 0. The van der Waals surface area contributed by atoms with Crippen molar-refractivity contribution in [1.29, 1.82) is 0 Å². The lowest BCUT2D eigenvalue weighted by atomic mass is 10.3. The summed E-state index contributed by atoms with van der Waals surface area (Å²) < 4.78 is 0. The van der Waals surface area contributed by atoms with E-state index in [1.807, 2.05) is 6.92 Å². The maximum atomic E-state index is 11.0. The van der Waals surface area contributed by atoms with E-state index in [-0.39, 0.29) is 18.0 Å². The molecule has 3 N–H and O–H groups in total. The van der Waals surface area contributed by atoms with Crippen LogP contribution in [-0.2, 0) is 4.79 Å². The zero-order valence-corrected chi connectivity index (χ0v) is 6.78. The first-order chi connectivity index (χ1) is 4.70. The predicted molar refractivity (Wildman–Crippen MR) is 42.9 cm³/mol. The average molecular weight is 160 g/mol. The molecule has 4 heteroatoms. The summed E-state index contributed by atoms with van der Waals surface area (Å²) in [5.74, 6) is 1.70. The van der Waals surface area contributed by atoms with Crippen LogP contribution in [0.5, 0.6) is 0 Å². The number of carbonyl (C=O) groups excluding carboxylic acids is 1. The summed E-state index contributed by atoms with van der Waals surface area (Å²) in [4.78, 5) is 11.0. The molecule has 1 aliphatic heterocycles. The van der Waals surface area contributed by atoms with Crippen LogP contribution in [0.1, 0.15) is 6.92 Å². The second-order valence-electron chi connectivity index (χ2n) is 2.55. The largest absolute Gasteiger partial charge is 0.351 e. The Morgan fingerprint density at radius 3 is 3.10 bits per heavy atom. The van der Waals surface area contributed by atoms with Gasteiger partial charge in [0, 0.05) is 17.5 Å². The van der Waals surface area contributed by atoms with Gasteiger partial charge in [-0.15, -0.1) is 0 Å². The predicted octanol–water partition coefficient (Wildman–Crippen LogP) is -0.435. The quantitative estimate of drug-likeness (QED) is 0.505. The Kier molecular flexibility index (Phi) is 2.56. The molecular weight excluding hydrogens is 148 g/mol. The van der Waals surface area contributed by atoms with Gasteiger partial charge in [-0.1, -0.05) is 0 Å². The van der Waals surface area contributed by atoms with Crippen LogP contribution in [-0.4, -0.2) is 29.5 Å². The Balaban J connectivity index is 2.49. The molecule has 58 valence electrons. The van der Waals surface area contributed by atoms with Crippen molar-refractivity contribution in [3.8, 4) is 0 Å². The van der Waals surface area contributed by atoms with Gasteiger partial charge in [-0.25, -0.2) is 0 Å². The van der Waals surface area contributed by atoms with Gasteiger partial charge in [-0.05, 0) is 6.92 Å². The van der Waals surface area contributed by atoms with E-state index in [9.17, 15) is 4.79 Å². The van der Waals surface area contributed by atoms with Gasteiger partial charge < -0.3 is 11.1 Å². The number of carbonyl (C=O) groups is 1. The molecule has 0 spiro atoms. The first-order valence-electron chi connectivity index (χ1n) is 3.34. The molecule has 0 aromatic heterocycles. The second-order valence-corrected chi connectivity index (χ2v) is 3.63. The average Bonchev–Trinajstić information content (AvgIpc) is 1.96. The third kappa shape index (κ3) is 1.88. The Hall–Kier alpha value is -0.220. The maximum Gasteiger partial charge on any atom is 0.238 e. The monoisotopic (exact) mass is 160 g/mol. The Labute approximate surface area is 64.7 Å². The first kappa shape index (κ1) is 7.88. The lowest BCUT2D eigenvalue weighted by Gasteiger charge is -2.08. The van der Waals surface area contributed by atoms with Crippen molar-refractivity contribution in [2.75, 3.05) is 11.5 Å². The lowest BCUT2D eigenvalue weighted by molar-refractivity contribution is -0.122. The van der Waals surface area contributed by atoms with Gasteiger partial charge in [0.2, 0.25) is 5.91 Å². The zero-order chi connectivity index (χ0) is 7.56. The van der Waals surface area contributed by atoms with Crippen molar-refractivity contribution < 1.29 is 4.79 Å². The molecule has 2 atom stereocenters. The number of nitrogens with two attached hydrogens (primary N) is 1. The minimum atomic E-state index is -0.310. The van der Waals surface area contributed by atoms with E-state index >= 15 is 0 Å². The molecule has 1 aliphatic rings. The topological polar surface area (TPSA) is 55.1 Å². The Morgan fingerprint density at radius 1 is 1.70 bits per heavy atom. The highest BCUT2D eigenvalue weighted by molar-refractivity contribution is 7.99. The molecule has 1 fully saturated rings. The van der Waals surface area contributed by atoms with Crippen LogP contribution in [0.25, 0.3) is 0 Å². The van der Waals surface area contributed by atoms with Crippen LogP contribution in [0.4, 0.5) is 0 Å². The molecule has 1 rings (SSSR count). The summed E-state index contributed by atoms with van der Waals surface area (Å²) in [6, 6.07) is -0.0407. The fraction of sp³-hybridized carbons (Fsp3) is 0.833. The third-order valence-corrected chi connectivity index (χ3v) is 2.72. The van der Waals surface area contributed by atoms with Crippen LogP contribution in [0, 0.1) is 0 Å². The summed E-state index contributed by atoms with van der Waals surface area (Å²) in [5.41, 5.74) is 5.51. The lowest BCUT2D eigenvalue weighted by Crippen LogP contribution is -2.43. The minimum absolute atomic E-state index is 0.0162. The van der Waals surface area contributed by atoms with Crippen molar-refractivity contribution in [3.05, 3.63) is 0 Å². The molecule has 1 amide bonds. The standard InChI is InChI=1S/C6H12N2OS/c1-4-2-10-3-5(7)6(9)8-4/h4-5H,2-3,7H2,1H3,(H,8,9)/t4-,5+/m1/s1. The first-order valence-corrected chi connectivity index (χ1v) is 4.49. The van der Waals surface area contributed by atoms with E-state index in [1.165, 1.54) is 0 Å². The number of nitrogens with one attached hydrogen (secondary N) is 1. The number of rotatable bonds is 0. The molecule has 1 heterocycles. The molecule has 0 aliphatic carbocycles. The third-order valence-electron chi connectivity index (χ3n) is 1.39. The van der Waals surface area contributed by atoms with Gasteiger partial charge in [-0.2, -0.15) is 11.8 Å². The van der Waals surface area contributed by atoms with Crippen molar-refractivity contribution in [2.45, 2.75) is 19.0 Å². The number of thioether (sulfide) groups is 1. The molecule has 3 nitrogen and oxygen atoms in total. The highest BCUT2D eigenvalue weighted by Gasteiger charge is 2.19. The van der Waals surface area contributed by atoms with E-state index in [4.69, 9.17) is 5.73 Å². The number of hydrogen-bond donors (Lipinski definition) is 2. The Morgan fingerprint density at radius 2 is 2.40 bits per heavy atom.